The third-order valence-corrected chi connectivity index (χ3v) is 2.52. The van der Waals surface area contributed by atoms with Crippen molar-refractivity contribution >= 4 is 17.6 Å². The molecule has 0 bridgehead atoms. The van der Waals surface area contributed by atoms with E-state index in [1.807, 2.05) is 6.92 Å². The zero-order valence-corrected chi connectivity index (χ0v) is 11.8. The lowest BCUT2D eigenvalue weighted by atomic mass is 10.2. The molecule has 1 aromatic rings. The number of carbonyl (C=O) groups is 2. The second-order valence-corrected chi connectivity index (χ2v) is 4.14. The Labute approximate surface area is 118 Å². The van der Waals surface area contributed by atoms with Crippen molar-refractivity contribution in [3.8, 4) is 5.75 Å². The molecule has 0 unspecified atom stereocenters. The molecule has 0 saturated heterocycles. The number of benzene rings is 1. The molecule has 6 nitrogen and oxygen atoms in total. The van der Waals surface area contributed by atoms with Gasteiger partial charge in [-0.3, -0.25) is 4.79 Å². The minimum atomic E-state index is -0.412. The summed E-state index contributed by atoms with van der Waals surface area (Å²) >= 11 is 0. The van der Waals surface area contributed by atoms with Gasteiger partial charge < -0.3 is 20.5 Å². The summed E-state index contributed by atoms with van der Waals surface area (Å²) in [5.41, 5.74) is 6.19. The first-order valence-electron chi connectivity index (χ1n) is 6.47. The van der Waals surface area contributed by atoms with E-state index in [1.165, 1.54) is 13.2 Å². The molecule has 0 aromatic heterocycles. The molecule has 110 valence electrons. The highest BCUT2D eigenvalue weighted by molar-refractivity contribution is 5.95. The molecule has 1 amide bonds. The van der Waals surface area contributed by atoms with Crippen molar-refractivity contribution in [3.05, 3.63) is 23.8 Å². The van der Waals surface area contributed by atoms with Gasteiger partial charge in [0.25, 0.3) is 0 Å². The van der Waals surface area contributed by atoms with Crippen LogP contribution in [0.4, 0.5) is 5.69 Å². The number of methoxy groups -OCH3 is 1. The molecular formula is C14H20N2O4. The highest BCUT2D eigenvalue weighted by Crippen LogP contribution is 2.26. The van der Waals surface area contributed by atoms with Crippen LogP contribution in [-0.4, -0.2) is 32.1 Å². The maximum atomic E-state index is 11.7. The second-order valence-electron chi connectivity index (χ2n) is 4.14. The Balaban J connectivity index is 2.84. The summed E-state index contributed by atoms with van der Waals surface area (Å²) in [4.78, 5) is 23.2. The Morgan fingerprint density at radius 2 is 2.10 bits per heavy atom. The molecule has 0 heterocycles. The van der Waals surface area contributed by atoms with E-state index in [-0.39, 0.29) is 18.9 Å². The van der Waals surface area contributed by atoms with E-state index in [1.54, 1.807) is 12.1 Å². The van der Waals surface area contributed by atoms with Gasteiger partial charge in [-0.2, -0.15) is 0 Å². The lowest BCUT2D eigenvalue weighted by molar-refractivity contribution is -0.116. The van der Waals surface area contributed by atoms with Crippen LogP contribution >= 0.6 is 0 Å². The van der Waals surface area contributed by atoms with Crippen LogP contribution in [0, 0.1) is 0 Å². The number of carbonyl (C=O) groups excluding carboxylic acids is 2. The average molecular weight is 280 g/mol. The van der Waals surface area contributed by atoms with Crippen molar-refractivity contribution in [3.63, 3.8) is 0 Å². The molecule has 0 saturated carbocycles. The molecule has 0 radical (unpaired) electrons. The van der Waals surface area contributed by atoms with Gasteiger partial charge in [-0.05, 0) is 24.6 Å². The smallest absolute Gasteiger partial charge is 0.338 e. The highest BCUT2D eigenvalue weighted by Gasteiger charge is 2.12. The van der Waals surface area contributed by atoms with E-state index in [4.69, 9.17) is 15.2 Å². The molecule has 0 fully saturated rings. The van der Waals surface area contributed by atoms with Crippen molar-refractivity contribution in [2.24, 2.45) is 5.73 Å². The zero-order valence-electron chi connectivity index (χ0n) is 11.8. The van der Waals surface area contributed by atoms with Crippen molar-refractivity contribution in [1.82, 2.24) is 0 Å². The first kappa shape index (κ1) is 16.0. The number of hydrogen-bond acceptors (Lipinski definition) is 5. The van der Waals surface area contributed by atoms with Gasteiger partial charge in [0.1, 0.15) is 5.75 Å². The molecule has 6 heteroatoms. The van der Waals surface area contributed by atoms with Crippen molar-refractivity contribution in [2.75, 3.05) is 25.6 Å². The predicted octanol–water partition coefficient (Wildman–Crippen LogP) is 1.55. The molecule has 0 aliphatic rings. The second kappa shape index (κ2) is 8.16. The molecule has 3 N–H and O–H groups in total. The molecule has 20 heavy (non-hydrogen) atoms. The van der Waals surface area contributed by atoms with E-state index in [0.717, 1.165) is 6.42 Å². The summed E-state index contributed by atoms with van der Waals surface area (Å²) in [6, 6.07) is 4.73. The quantitative estimate of drug-likeness (QED) is 0.739. The van der Waals surface area contributed by atoms with E-state index >= 15 is 0 Å². The molecule has 1 rings (SSSR count). The number of amides is 1. The summed E-state index contributed by atoms with van der Waals surface area (Å²) in [6.07, 6.45) is 0.986. The summed E-state index contributed by atoms with van der Waals surface area (Å²) in [5.74, 6) is -0.210. The number of nitrogens with one attached hydrogen (secondary N) is 1. The van der Waals surface area contributed by atoms with Gasteiger partial charge in [-0.15, -0.1) is 0 Å². The molecule has 0 aliphatic carbocycles. The van der Waals surface area contributed by atoms with Crippen LogP contribution in [-0.2, 0) is 9.53 Å². The fraction of sp³-hybridized carbons (Fsp3) is 0.429. The molecule has 0 spiro atoms. The van der Waals surface area contributed by atoms with Crippen molar-refractivity contribution < 1.29 is 19.1 Å². The number of esters is 1. The fourth-order valence-corrected chi connectivity index (χ4v) is 1.54. The summed E-state index contributed by atoms with van der Waals surface area (Å²) in [6.45, 7) is 2.57. The fourth-order valence-electron chi connectivity index (χ4n) is 1.54. The Hall–Kier alpha value is -2.08. The van der Waals surface area contributed by atoms with Crippen molar-refractivity contribution in [1.29, 1.82) is 0 Å². The van der Waals surface area contributed by atoms with Gasteiger partial charge in [0.05, 0.1) is 25.0 Å². The van der Waals surface area contributed by atoms with Crippen molar-refractivity contribution in [2.45, 2.75) is 19.8 Å². The van der Waals surface area contributed by atoms with Gasteiger partial charge in [0.2, 0.25) is 5.91 Å². The van der Waals surface area contributed by atoms with Crippen LogP contribution in [0.25, 0.3) is 0 Å². The molecule has 0 aliphatic heterocycles. The van der Waals surface area contributed by atoms with Crippen LogP contribution in [0.15, 0.2) is 18.2 Å². The maximum absolute atomic E-state index is 11.7. The maximum Gasteiger partial charge on any atom is 0.338 e. The lowest BCUT2D eigenvalue weighted by Crippen LogP contribution is -2.17. The molecule has 0 atom stereocenters. The number of rotatable bonds is 7. The minimum absolute atomic E-state index is 0.202. The first-order chi connectivity index (χ1) is 9.62. The Bertz CT molecular complexity index is 474. The normalized spacial score (nSPS) is 9.95. The lowest BCUT2D eigenvalue weighted by Gasteiger charge is -2.11. The van der Waals surface area contributed by atoms with Gasteiger partial charge >= 0.3 is 5.97 Å². The SMILES string of the molecule is CCCOC(=O)c1ccc(NC(=O)CCN)c(OC)c1. The Morgan fingerprint density at radius 1 is 1.35 bits per heavy atom. The minimum Gasteiger partial charge on any atom is -0.495 e. The monoisotopic (exact) mass is 280 g/mol. The van der Waals surface area contributed by atoms with Crippen LogP contribution in [0.2, 0.25) is 0 Å². The van der Waals surface area contributed by atoms with Gasteiger partial charge in [-0.1, -0.05) is 6.92 Å². The van der Waals surface area contributed by atoms with E-state index < -0.39 is 5.97 Å². The van der Waals surface area contributed by atoms with Crippen LogP contribution in [0.5, 0.6) is 5.75 Å². The standard InChI is InChI=1S/C14H20N2O4/c1-3-8-20-14(18)10-4-5-11(12(9-10)19-2)16-13(17)6-7-15/h4-5,9H,3,6-8,15H2,1-2H3,(H,16,17). The first-order valence-corrected chi connectivity index (χ1v) is 6.47. The van der Waals surface area contributed by atoms with Crippen LogP contribution in [0.1, 0.15) is 30.1 Å². The Kier molecular flexibility index (Phi) is 6.52. The Morgan fingerprint density at radius 3 is 2.70 bits per heavy atom. The van der Waals surface area contributed by atoms with E-state index in [2.05, 4.69) is 5.32 Å². The number of anilines is 1. The van der Waals surface area contributed by atoms with Gasteiger partial charge in [-0.25, -0.2) is 4.79 Å². The van der Waals surface area contributed by atoms with E-state index in [9.17, 15) is 9.59 Å². The van der Waals surface area contributed by atoms with Gasteiger partial charge in [0.15, 0.2) is 0 Å². The van der Waals surface area contributed by atoms with Crippen LogP contribution < -0.4 is 15.8 Å². The van der Waals surface area contributed by atoms with Gasteiger partial charge in [0, 0.05) is 13.0 Å². The summed E-state index contributed by atoms with van der Waals surface area (Å²) < 4.78 is 10.2. The third kappa shape index (κ3) is 4.55. The third-order valence-electron chi connectivity index (χ3n) is 2.52. The number of nitrogens with two attached hydrogens (primary N) is 1. The average Bonchev–Trinajstić information content (AvgIpc) is 2.45. The summed E-state index contributed by atoms with van der Waals surface area (Å²) in [7, 11) is 1.47. The zero-order chi connectivity index (χ0) is 15.0. The number of hydrogen-bond donors (Lipinski definition) is 2. The van der Waals surface area contributed by atoms with E-state index in [0.29, 0.717) is 23.6 Å². The number of ether oxygens (including phenoxy) is 2. The topological polar surface area (TPSA) is 90.7 Å². The highest BCUT2D eigenvalue weighted by atomic mass is 16.5. The largest absolute Gasteiger partial charge is 0.495 e. The predicted molar refractivity (Wildman–Crippen MR) is 75.9 cm³/mol. The molecule has 1 aromatic carbocycles. The van der Waals surface area contributed by atoms with Crippen LogP contribution in [0.3, 0.4) is 0 Å². The summed E-state index contributed by atoms with van der Waals surface area (Å²) in [5, 5.41) is 2.68. The molecular weight excluding hydrogens is 260 g/mol.